The first kappa shape index (κ1) is 14.6. The number of hydrogen-bond acceptors (Lipinski definition) is 4. The van der Waals surface area contributed by atoms with E-state index in [1.54, 1.807) is 35.3 Å². The fraction of sp³-hybridized carbons (Fsp3) is 0. The molecule has 22 heavy (non-hydrogen) atoms. The van der Waals surface area contributed by atoms with Gasteiger partial charge in [0.2, 0.25) is 0 Å². The second-order valence-electron chi connectivity index (χ2n) is 4.35. The zero-order valence-electron chi connectivity index (χ0n) is 11.1. The molecule has 0 aliphatic heterocycles. The number of halogens is 3. The first-order valence-corrected chi connectivity index (χ1v) is 7.01. The summed E-state index contributed by atoms with van der Waals surface area (Å²) in [4.78, 5) is 5.26. The lowest BCUT2D eigenvalue weighted by molar-refractivity contribution is 0.627. The van der Waals surface area contributed by atoms with Crippen LogP contribution in [0.1, 0.15) is 0 Å². The number of anilines is 2. The molecule has 1 aromatic heterocycles. The maximum absolute atomic E-state index is 13.2. The SMILES string of the molecule is Fc1ccc(N(Nn2cncn2)c2ccc(Cl)cc2Cl)cc1. The summed E-state index contributed by atoms with van der Waals surface area (Å²) in [7, 11) is 0. The van der Waals surface area contributed by atoms with Crippen molar-refractivity contribution in [1.29, 1.82) is 0 Å². The number of benzene rings is 2. The summed E-state index contributed by atoms with van der Waals surface area (Å²) in [5, 5.41) is 6.58. The molecule has 0 aliphatic carbocycles. The standard InChI is InChI=1S/C14H10Cl2FN5/c15-10-1-6-14(13(16)7-10)22(20-21-9-18-8-19-21)12-4-2-11(17)3-5-12/h1-9,20H. The maximum Gasteiger partial charge on any atom is 0.139 e. The fourth-order valence-corrected chi connectivity index (χ4v) is 2.36. The van der Waals surface area contributed by atoms with Crippen LogP contribution in [0.2, 0.25) is 10.0 Å². The second-order valence-corrected chi connectivity index (χ2v) is 5.19. The van der Waals surface area contributed by atoms with E-state index in [2.05, 4.69) is 15.6 Å². The Bertz CT molecular complexity index is 761. The Morgan fingerprint density at radius 3 is 2.50 bits per heavy atom. The molecule has 3 rings (SSSR count). The van der Waals surface area contributed by atoms with Gasteiger partial charge in [0.15, 0.2) is 0 Å². The molecule has 112 valence electrons. The van der Waals surface area contributed by atoms with Gasteiger partial charge in [0, 0.05) is 5.02 Å². The van der Waals surface area contributed by atoms with E-state index in [0.717, 1.165) is 0 Å². The largest absolute Gasteiger partial charge is 0.239 e. The number of rotatable bonds is 4. The lowest BCUT2D eigenvalue weighted by Gasteiger charge is -2.26. The van der Waals surface area contributed by atoms with Gasteiger partial charge < -0.3 is 0 Å². The summed E-state index contributed by atoms with van der Waals surface area (Å²) in [5.41, 5.74) is 4.30. The van der Waals surface area contributed by atoms with Crippen molar-refractivity contribution in [3.63, 3.8) is 0 Å². The molecule has 0 spiro atoms. The molecule has 0 atom stereocenters. The van der Waals surface area contributed by atoms with Gasteiger partial charge in [0.25, 0.3) is 0 Å². The number of hydrogen-bond donors (Lipinski definition) is 1. The molecule has 0 unspecified atom stereocenters. The van der Waals surface area contributed by atoms with Crippen molar-refractivity contribution in [2.45, 2.75) is 0 Å². The van der Waals surface area contributed by atoms with Gasteiger partial charge in [-0.05, 0) is 42.5 Å². The highest BCUT2D eigenvalue weighted by atomic mass is 35.5. The van der Waals surface area contributed by atoms with E-state index in [0.29, 0.717) is 21.4 Å². The van der Waals surface area contributed by atoms with Crippen LogP contribution < -0.4 is 10.5 Å². The highest BCUT2D eigenvalue weighted by Gasteiger charge is 2.14. The summed E-state index contributed by atoms with van der Waals surface area (Å²) in [5.74, 6) is -0.327. The minimum Gasteiger partial charge on any atom is -0.239 e. The van der Waals surface area contributed by atoms with E-state index in [1.165, 1.54) is 29.6 Å². The van der Waals surface area contributed by atoms with Crippen LogP contribution in [-0.2, 0) is 0 Å². The number of hydrazine groups is 1. The molecule has 0 bridgehead atoms. The van der Waals surface area contributed by atoms with E-state index in [4.69, 9.17) is 23.2 Å². The van der Waals surface area contributed by atoms with Gasteiger partial charge in [0.1, 0.15) is 18.5 Å². The third kappa shape index (κ3) is 3.13. The molecule has 5 nitrogen and oxygen atoms in total. The van der Waals surface area contributed by atoms with Crippen LogP contribution in [0, 0.1) is 5.82 Å². The summed E-state index contributed by atoms with van der Waals surface area (Å²) in [6.07, 6.45) is 2.87. The first-order valence-electron chi connectivity index (χ1n) is 6.25. The highest BCUT2D eigenvalue weighted by Crippen LogP contribution is 2.32. The summed E-state index contributed by atoms with van der Waals surface area (Å²) >= 11 is 12.2. The molecule has 0 amide bonds. The van der Waals surface area contributed by atoms with Crippen molar-refractivity contribution in [3.05, 3.63) is 71.0 Å². The molecule has 0 saturated carbocycles. The topological polar surface area (TPSA) is 46.0 Å². The quantitative estimate of drug-likeness (QED) is 0.730. The second kappa shape index (κ2) is 6.21. The molecule has 0 radical (unpaired) electrons. The van der Waals surface area contributed by atoms with Crippen molar-refractivity contribution >= 4 is 34.6 Å². The van der Waals surface area contributed by atoms with Gasteiger partial charge in [-0.3, -0.25) is 0 Å². The average Bonchev–Trinajstić information content (AvgIpc) is 2.99. The third-order valence-electron chi connectivity index (χ3n) is 2.86. The predicted molar refractivity (Wildman–Crippen MR) is 84.4 cm³/mol. The Hall–Kier alpha value is -2.31. The Morgan fingerprint density at radius 2 is 1.86 bits per heavy atom. The lowest BCUT2D eigenvalue weighted by Crippen LogP contribution is -2.32. The van der Waals surface area contributed by atoms with Crippen LogP contribution in [0.3, 0.4) is 0 Å². The lowest BCUT2D eigenvalue weighted by atomic mass is 10.2. The molecule has 1 N–H and O–H groups in total. The Labute approximate surface area is 135 Å². The number of aromatic nitrogens is 3. The van der Waals surface area contributed by atoms with E-state index >= 15 is 0 Å². The van der Waals surface area contributed by atoms with Crippen LogP contribution in [0.5, 0.6) is 0 Å². The average molecular weight is 338 g/mol. The van der Waals surface area contributed by atoms with Gasteiger partial charge in [-0.2, -0.15) is 0 Å². The van der Waals surface area contributed by atoms with E-state index in [1.807, 2.05) is 0 Å². The van der Waals surface area contributed by atoms with Crippen LogP contribution in [0.25, 0.3) is 0 Å². The fourth-order valence-electron chi connectivity index (χ4n) is 1.87. The van der Waals surface area contributed by atoms with Gasteiger partial charge in [-0.1, -0.05) is 23.2 Å². The van der Waals surface area contributed by atoms with Gasteiger partial charge in [-0.15, -0.1) is 9.89 Å². The zero-order chi connectivity index (χ0) is 15.5. The molecule has 3 aromatic rings. The van der Waals surface area contributed by atoms with E-state index < -0.39 is 0 Å². The van der Waals surface area contributed by atoms with Gasteiger partial charge in [0.05, 0.1) is 16.4 Å². The summed E-state index contributed by atoms with van der Waals surface area (Å²) in [6.45, 7) is 0. The molecule has 0 saturated heterocycles. The Kier molecular flexibility index (Phi) is 4.13. The molecule has 0 fully saturated rings. The van der Waals surface area contributed by atoms with Crippen LogP contribution >= 0.6 is 23.2 Å². The van der Waals surface area contributed by atoms with Crippen molar-refractivity contribution in [2.24, 2.45) is 0 Å². The zero-order valence-corrected chi connectivity index (χ0v) is 12.6. The minimum absolute atomic E-state index is 0.327. The predicted octanol–water partition coefficient (Wildman–Crippen LogP) is 4.02. The monoisotopic (exact) mass is 337 g/mol. The van der Waals surface area contributed by atoms with Crippen molar-refractivity contribution in [1.82, 2.24) is 14.9 Å². The molecule has 8 heteroatoms. The Morgan fingerprint density at radius 1 is 1.09 bits per heavy atom. The third-order valence-corrected chi connectivity index (χ3v) is 3.39. The van der Waals surface area contributed by atoms with Crippen molar-refractivity contribution in [2.75, 3.05) is 10.5 Å². The molecule has 2 aromatic carbocycles. The normalized spacial score (nSPS) is 10.5. The minimum atomic E-state index is -0.327. The van der Waals surface area contributed by atoms with Crippen molar-refractivity contribution < 1.29 is 4.39 Å². The molecule has 1 heterocycles. The van der Waals surface area contributed by atoms with Gasteiger partial charge >= 0.3 is 0 Å². The number of nitrogens with zero attached hydrogens (tertiary/aromatic N) is 4. The molecular formula is C14H10Cl2FN5. The summed E-state index contributed by atoms with van der Waals surface area (Å²) < 4.78 is 13.2. The molecule has 0 aliphatic rings. The maximum atomic E-state index is 13.2. The van der Waals surface area contributed by atoms with E-state index in [9.17, 15) is 4.39 Å². The number of nitrogens with one attached hydrogen (secondary N) is 1. The Balaban J connectivity index is 2.03. The first-order chi connectivity index (χ1) is 10.6. The van der Waals surface area contributed by atoms with Crippen LogP contribution in [-0.4, -0.2) is 14.9 Å². The highest BCUT2D eigenvalue weighted by molar-refractivity contribution is 6.36. The van der Waals surface area contributed by atoms with E-state index in [-0.39, 0.29) is 5.82 Å². The smallest absolute Gasteiger partial charge is 0.139 e. The summed E-state index contributed by atoms with van der Waals surface area (Å²) in [6, 6.07) is 11.0. The van der Waals surface area contributed by atoms with Crippen LogP contribution in [0.15, 0.2) is 55.1 Å². The van der Waals surface area contributed by atoms with Crippen LogP contribution in [0.4, 0.5) is 15.8 Å². The van der Waals surface area contributed by atoms with Gasteiger partial charge in [-0.25, -0.2) is 19.9 Å². The van der Waals surface area contributed by atoms with Crippen molar-refractivity contribution in [3.8, 4) is 0 Å². The molecular weight excluding hydrogens is 328 g/mol.